The Kier molecular flexibility index (Phi) is 10.9. The quantitative estimate of drug-likeness (QED) is 0.272. The number of aromatic amines is 1. The van der Waals surface area contributed by atoms with Crippen LogP contribution in [0.5, 0.6) is 0 Å². The lowest BCUT2D eigenvalue weighted by Gasteiger charge is -2.51. The molecule has 0 aromatic carbocycles. The molecule has 2 fully saturated rings. The van der Waals surface area contributed by atoms with E-state index in [4.69, 9.17) is 17.7 Å². The molecule has 2 aliphatic heterocycles. The minimum absolute atomic E-state index is 0.0743. The van der Waals surface area contributed by atoms with Crippen molar-refractivity contribution >= 4 is 28.9 Å². The Labute approximate surface area is 250 Å². The number of nitrogens with zero attached hydrogens (tertiary/aromatic N) is 1. The van der Waals surface area contributed by atoms with Crippen LogP contribution < -0.4 is 21.9 Å². The Hall–Kier alpha value is -2.32. The van der Waals surface area contributed by atoms with Gasteiger partial charge < -0.3 is 28.3 Å². The Morgan fingerprint density at radius 2 is 1.51 bits per heavy atom. The number of H-pyrrole nitrogens is 1. The van der Waals surface area contributed by atoms with Gasteiger partial charge in [0.15, 0.2) is 0 Å². The van der Waals surface area contributed by atoms with E-state index in [1.807, 2.05) is 0 Å². The van der Waals surface area contributed by atoms with Crippen LogP contribution in [0.25, 0.3) is 0 Å². The van der Waals surface area contributed by atoms with Gasteiger partial charge in [-0.3, -0.25) is 23.9 Å². The minimum atomic E-state index is -5.06. The van der Waals surface area contributed by atoms with Crippen LogP contribution in [0.4, 0.5) is 13.2 Å². The Bertz CT molecular complexity index is 1270. The van der Waals surface area contributed by atoms with Crippen LogP contribution in [-0.2, 0) is 22.5 Å². The molecular formula is C26H43F3N4O8Si2. The zero-order valence-corrected chi connectivity index (χ0v) is 27.8. The number of halogens is 3. The number of carbonyl (C=O) groups excluding carboxylic acids is 2. The van der Waals surface area contributed by atoms with Crippen molar-refractivity contribution in [3.8, 4) is 0 Å². The fourth-order valence-electron chi connectivity index (χ4n) is 5.72. The highest BCUT2D eigenvalue weighted by Gasteiger charge is 2.60. The van der Waals surface area contributed by atoms with Crippen LogP contribution in [-0.4, -0.2) is 76.6 Å². The number of rotatable bonds is 9. The summed E-state index contributed by atoms with van der Waals surface area (Å²) < 4.78 is 65.3. The first-order valence-corrected chi connectivity index (χ1v) is 18.5. The molecule has 2 saturated heterocycles. The van der Waals surface area contributed by atoms with Gasteiger partial charge in [-0.25, -0.2) is 4.79 Å². The van der Waals surface area contributed by atoms with Crippen molar-refractivity contribution in [2.75, 3.05) is 19.7 Å². The van der Waals surface area contributed by atoms with E-state index in [2.05, 4.69) is 65.7 Å². The SMILES string of the molecule is CC(C)[Si]1(C(C)C)OC[C@H]2O[C@@H](n3cc(C(=O)NCCNC(=O)C(F)(F)F)c(=O)[nH]c3=O)C[C@@H]2O[Si](C(C)C)(C(C)C)O1. The number of aromatic nitrogens is 2. The van der Waals surface area contributed by atoms with E-state index >= 15 is 0 Å². The summed E-state index contributed by atoms with van der Waals surface area (Å²) in [6.45, 7) is 16.0. The van der Waals surface area contributed by atoms with Gasteiger partial charge in [0, 0.05) is 25.7 Å². The van der Waals surface area contributed by atoms with Gasteiger partial charge in [0.1, 0.15) is 17.9 Å². The maximum Gasteiger partial charge on any atom is 0.471 e. The van der Waals surface area contributed by atoms with Crippen LogP contribution in [0.3, 0.4) is 0 Å². The van der Waals surface area contributed by atoms with Gasteiger partial charge in [-0.2, -0.15) is 13.2 Å². The molecule has 0 aliphatic carbocycles. The fraction of sp³-hybridized carbons (Fsp3) is 0.769. The van der Waals surface area contributed by atoms with Crippen LogP contribution in [0.2, 0.25) is 22.2 Å². The van der Waals surface area contributed by atoms with Crippen LogP contribution in [0.1, 0.15) is 78.4 Å². The van der Waals surface area contributed by atoms with Crippen molar-refractivity contribution in [3.05, 3.63) is 32.6 Å². The zero-order chi connectivity index (χ0) is 32.5. The van der Waals surface area contributed by atoms with Crippen molar-refractivity contribution < 1.29 is 40.5 Å². The monoisotopic (exact) mass is 652 g/mol. The zero-order valence-electron chi connectivity index (χ0n) is 25.8. The molecule has 0 saturated carbocycles. The number of carbonyl (C=O) groups is 2. The fourth-order valence-corrected chi connectivity index (χ4v) is 16.9. The van der Waals surface area contributed by atoms with Crippen LogP contribution in [0, 0.1) is 0 Å². The third-order valence-corrected chi connectivity index (χ3v) is 18.3. The molecule has 2 aliphatic rings. The molecule has 1 aromatic rings. The summed E-state index contributed by atoms with van der Waals surface area (Å²) in [6, 6.07) is 0. The smallest absolute Gasteiger partial charge is 0.414 e. The number of hydrogen-bond acceptors (Lipinski definition) is 8. The standard InChI is InChI=1S/C26H43F3N4O8Si2/c1-14(2)42(15(3)4)38-13-20-19(40-43(41-42,16(5)6)17(7)8)11-21(39-20)33-12-18(23(35)32-25(33)37)22(34)30-9-10-31-24(36)26(27,28)29/h12,14-17,19-21H,9-11,13H2,1-8H3,(H,30,34)(H,31,36)(H,32,35,37)/t19-,20+,21+/m0/s1. The number of fused-ring (bicyclic) bond motifs is 1. The molecule has 3 rings (SSSR count). The molecule has 3 heterocycles. The Morgan fingerprint density at radius 3 is 2.05 bits per heavy atom. The largest absolute Gasteiger partial charge is 0.471 e. The van der Waals surface area contributed by atoms with E-state index in [-0.39, 0.29) is 41.7 Å². The normalized spacial score (nSPS) is 23.7. The van der Waals surface area contributed by atoms with Crippen molar-refractivity contribution in [1.82, 2.24) is 20.2 Å². The Morgan fingerprint density at radius 1 is 0.953 bits per heavy atom. The highest BCUT2D eigenvalue weighted by atomic mass is 28.5. The first-order valence-electron chi connectivity index (χ1n) is 14.5. The van der Waals surface area contributed by atoms with E-state index < -0.39 is 76.9 Å². The molecule has 2 amide bonds. The van der Waals surface area contributed by atoms with Crippen molar-refractivity contribution in [1.29, 1.82) is 0 Å². The highest BCUT2D eigenvalue weighted by Crippen LogP contribution is 2.48. The lowest BCUT2D eigenvalue weighted by molar-refractivity contribution is -0.173. The molecule has 3 N–H and O–H groups in total. The average Bonchev–Trinajstić information content (AvgIpc) is 3.26. The predicted octanol–water partition coefficient (Wildman–Crippen LogP) is 3.19. The van der Waals surface area contributed by atoms with Gasteiger partial charge in [-0.05, 0) is 22.2 Å². The second kappa shape index (κ2) is 13.4. The molecule has 0 bridgehead atoms. The summed E-state index contributed by atoms with van der Waals surface area (Å²) in [5, 5.41) is 3.89. The maximum atomic E-state index is 12.9. The lowest BCUT2D eigenvalue weighted by atomic mass is 10.2. The van der Waals surface area contributed by atoms with E-state index in [0.717, 1.165) is 10.8 Å². The first-order chi connectivity index (χ1) is 19.9. The van der Waals surface area contributed by atoms with Gasteiger partial charge in [-0.1, -0.05) is 55.4 Å². The van der Waals surface area contributed by atoms with E-state index in [1.165, 1.54) is 0 Å². The number of alkyl halides is 3. The van der Waals surface area contributed by atoms with Crippen LogP contribution in [0.15, 0.2) is 15.8 Å². The summed E-state index contributed by atoms with van der Waals surface area (Å²) >= 11 is 0. The second-order valence-corrected chi connectivity index (χ2v) is 21.1. The van der Waals surface area contributed by atoms with Gasteiger partial charge >= 0.3 is 34.9 Å². The number of hydrogen-bond donors (Lipinski definition) is 3. The summed E-state index contributed by atoms with van der Waals surface area (Å²) in [5.41, 5.74) is -1.84. The van der Waals surface area contributed by atoms with Crippen molar-refractivity contribution in [3.63, 3.8) is 0 Å². The maximum absolute atomic E-state index is 12.9. The summed E-state index contributed by atoms with van der Waals surface area (Å²) in [4.78, 5) is 51.1. The second-order valence-electron chi connectivity index (χ2n) is 12.2. The van der Waals surface area contributed by atoms with E-state index in [9.17, 15) is 32.3 Å². The van der Waals surface area contributed by atoms with E-state index in [1.54, 1.807) is 5.32 Å². The van der Waals surface area contributed by atoms with Crippen molar-refractivity contribution in [2.45, 2.75) is 109 Å². The van der Waals surface area contributed by atoms with Gasteiger partial charge in [0.2, 0.25) is 0 Å². The summed E-state index contributed by atoms with van der Waals surface area (Å²) in [7, 11) is -5.76. The molecule has 43 heavy (non-hydrogen) atoms. The molecule has 244 valence electrons. The number of nitrogens with one attached hydrogen (secondary N) is 3. The topological polar surface area (TPSA) is 150 Å². The number of amides is 2. The molecule has 12 nitrogen and oxygen atoms in total. The summed E-state index contributed by atoms with van der Waals surface area (Å²) in [6.07, 6.45) is -5.72. The Balaban J connectivity index is 1.87. The predicted molar refractivity (Wildman–Crippen MR) is 155 cm³/mol. The molecule has 1 aromatic heterocycles. The lowest BCUT2D eigenvalue weighted by Crippen LogP contribution is -2.65. The minimum Gasteiger partial charge on any atom is -0.414 e. The number of ether oxygens (including phenoxy) is 1. The first kappa shape index (κ1) is 35.2. The summed E-state index contributed by atoms with van der Waals surface area (Å²) in [5.74, 6) is -3.09. The van der Waals surface area contributed by atoms with Gasteiger partial charge in [0.05, 0.1) is 12.7 Å². The molecule has 0 unspecified atom stereocenters. The van der Waals surface area contributed by atoms with Crippen LogP contribution >= 0.6 is 0 Å². The van der Waals surface area contributed by atoms with Gasteiger partial charge in [0.25, 0.3) is 11.5 Å². The third-order valence-electron chi connectivity index (χ3n) is 8.00. The van der Waals surface area contributed by atoms with Gasteiger partial charge in [-0.15, -0.1) is 0 Å². The molecule has 17 heteroatoms. The molecule has 0 radical (unpaired) electrons. The average molecular weight is 653 g/mol. The highest BCUT2D eigenvalue weighted by molar-refractivity contribution is 6.83. The van der Waals surface area contributed by atoms with Crippen molar-refractivity contribution in [2.24, 2.45) is 0 Å². The third kappa shape index (κ3) is 7.33. The molecule has 0 spiro atoms. The molecule has 3 atom stereocenters. The van der Waals surface area contributed by atoms with E-state index in [0.29, 0.717) is 0 Å². The molecular weight excluding hydrogens is 609 g/mol.